The Bertz CT molecular complexity index is 3990. The standard InChI is InChI=1S/C60H47B7N2/c61-51-48(52(62)56(66)59-49(51)50-53(63)54(64)55(65)57(67)60(50)69(59)43-29-24-38(25-30-43)35-14-6-2-7-15-35)41-26-31-47-46(33-41)45-21-11-20-44(40-19-10-18-39(32-40)36-16-8-3-9-17-36)58(45)68(47)42-27-22-37(23-28-42)34-12-4-1-5-13-34/h1-33H,61-67H2. The van der Waals surface area contributed by atoms with E-state index in [1.54, 1.807) is 0 Å². The second-order valence-electron chi connectivity index (χ2n) is 19.1. The molecule has 0 saturated carbocycles. The molecule has 0 N–H and O–H groups in total. The van der Waals surface area contributed by atoms with Gasteiger partial charge in [0.2, 0.25) is 0 Å². The highest BCUT2D eigenvalue weighted by Gasteiger charge is 2.26. The lowest BCUT2D eigenvalue weighted by Crippen LogP contribution is -2.48. The highest BCUT2D eigenvalue weighted by Crippen LogP contribution is 2.41. The second kappa shape index (κ2) is 16.8. The van der Waals surface area contributed by atoms with Crippen molar-refractivity contribution < 1.29 is 0 Å². The first-order chi connectivity index (χ1) is 33.7. The molecule has 0 bridgehead atoms. The smallest absolute Gasteiger partial charge is 0.141 e. The third-order valence-electron chi connectivity index (χ3n) is 15.5. The zero-order valence-corrected chi connectivity index (χ0v) is 40.4. The Balaban J connectivity index is 1.10. The molecule has 0 spiro atoms. The van der Waals surface area contributed by atoms with E-state index in [0.717, 1.165) is 5.69 Å². The Morgan fingerprint density at radius 2 is 0.710 bits per heavy atom. The third-order valence-corrected chi connectivity index (χ3v) is 15.5. The molecule has 12 aromatic rings. The third kappa shape index (κ3) is 6.81. The number of hydrogen-bond acceptors (Lipinski definition) is 0. The second-order valence-corrected chi connectivity index (χ2v) is 19.1. The van der Waals surface area contributed by atoms with Gasteiger partial charge in [0.15, 0.2) is 0 Å². The van der Waals surface area contributed by atoms with E-state index >= 15 is 0 Å². The van der Waals surface area contributed by atoms with E-state index in [1.807, 2.05) is 0 Å². The fourth-order valence-corrected chi connectivity index (χ4v) is 11.5. The largest absolute Gasteiger partial charge is 0.310 e. The maximum absolute atomic E-state index is 2.57. The summed E-state index contributed by atoms with van der Waals surface area (Å²) in [6, 6.07) is 73.5. The van der Waals surface area contributed by atoms with Crippen molar-refractivity contribution in [2.75, 3.05) is 0 Å². The Hall–Kier alpha value is -7.75. The molecule has 0 radical (unpaired) electrons. The van der Waals surface area contributed by atoms with Crippen molar-refractivity contribution in [2.24, 2.45) is 0 Å². The lowest BCUT2D eigenvalue weighted by atomic mass is 9.64. The minimum Gasteiger partial charge on any atom is -0.310 e. The van der Waals surface area contributed by atoms with Crippen LogP contribution in [0.5, 0.6) is 0 Å². The Morgan fingerprint density at radius 3 is 1.30 bits per heavy atom. The molecular weight excluding hydrogens is 824 g/mol. The van der Waals surface area contributed by atoms with Crippen molar-refractivity contribution in [2.45, 2.75) is 0 Å². The molecule has 69 heavy (non-hydrogen) atoms. The monoisotopic (exact) mass is 872 g/mol. The van der Waals surface area contributed by atoms with E-state index in [4.69, 9.17) is 0 Å². The first-order valence-corrected chi connectivity index (χ1v) is 24.3. The highest BCUT2D eigenvalue weighted by atomic mass is 15.0. The first-order valence-electron chi connectivity index (χ1n) is 24.3. The number of nitrogens with zero attached hydrogens (tertiary/aromatic N) is 2. The summed E-state index contributed by atoms with van der Waals surface area (Å²) in [5, 5.41) is 5.19. The van der Waals surface area contributed by atoms with Crippen molar-refractivity contribution in [3.05, 3.63) is 200 Å². The van der Waals surface area contributed by atoms with Gasteiger partial charge in [0.05, 0.1) is 11.0 Å². The van der Waals surface area contributed by atoms with Crippen molar-refractivity contribution in [3.63, 3.8) is 0 Å². The average Bonchev–Trinajstić information content (AvgIpc) is 3.94. The SMILES string of the molecule is Bc1c(B)c(B)c2c(c1B)c1c(B)c(-c3ccc4c(c3)c3cccc(-c5cccc(-c6ccccc6)c5)c3n4-c3ccc(-c4ccccc4)cc3)c(B)c(B)c1n2-c1ccc(-c2ccccc2)cc1. The van der Waals surface area contributed by atoms with Gasteiger partial charge in [-0.2, -0.15) is 0 Å². The summed E-state index contributed by atoms with van der Waals surface area (Å²) in [5.74, 6) is 0. The van der Waals surface area contributed by atoms with Crippen LogP contribution < -0.4 is 38.2 Å². The lowest BCUT2D eigenvalue weighted by Gasteiger charge is -2.19. The van der Waals surface area contributed by atoms with Gasteiger partial charge in [0, 0.05) is 44.1 Å². The number of benzene rings is 10. The van der Waals surface area contributed by atoms with Crippen LogP contribution in [0.15, 0.2) is 200 Å². The van der Waals surface area contributed by atoms with Gasteiger partial charge < -0.3 is 9.13 Å². The van der Waals surface area contributed by atoms with Crippen molar-refractivity contribution >= 4 is 137 Å². The fourth-order valence-electron chi connectivity index (χ4n) is 11.5. The molecule has 0 aliphatic carbocycles. The normalized spacial score (nSPS) is 11.6. The van der Waals surface area contributed by atoms with E-state index in [2.05, 4.69) is 264 Å². The molecule has 0 fully saturated rings. The Kier molecular flexibility index (Phi) is 10.4. The quantitative estimate of drug-likeness (QED) is 0.215. The molecule has 318 valence electrons. The van der Waals surface area contributed by atoms with Crippen LogP contribution in [0.1, 0.15) is 0 Å². The van der Waals surface area contributed by atoms with Crippen LogP contribution in [0.3, 0.4) is 0 Å². The van der Waals surface area contributed by atoms with Crippen LogP contribution in [0, 0.1) is 0 Å². The van der Waals surface area contributed by atoms with Crippen molar-refractivity contribution in [3.8, 4) is 67.0 Å². The molecule has 0 unspecified atom stereocenters. The molecule has 0 amide bonds. The van der Waals surface area contributed by atoms with Gasteiger partial charge >= 0.3 is 0 Å². The molecule has 9 heteroatoms. The number of rotatable bonds is 7. The Morgan fingerprint density at radius 1 is 0.261 bits per heavy atom. The van der Waals surface area contributed by atoms with Crippen molar-refractivity contribution in [1.29, 1.82) is 0 Å². The van der Waals surface area contributed by atoms with E-state index in [-0.39, 0.29) is 0 Å². The fraction of sp³-hybridized carbons (Fsp3) is 0. The minimum atomic E-state index is 1.14. The van der Waals surface area contributed by atoms with E-state index in [1.165, 1.54) is 143 Å². The number of hydrogen-bond donors (Lipinski definition) is 0. The van der Waals surface area contributed by atoms with Gasteiger partial charge in [-0.3, -0.25) is 0 Å². The number of para-hydroxylation sites is 1. The summed E-state index contributed by atoms with van der Waals surface area (Å²) < 4.78 is 5.07. The maximum atomic E-state index is 2.57. The zero-order chi connectivity index (χ0) is 47.1. The molecule has 0 saturated heterocycles. The predicted molar refractivity (Wildman–Crippen MR) is 320 cm³/mol. The minimum absolute atomic E-state index is 1.14. The van der Waals surface area contributed by atoms with Gasteiger partial charge in [0.1, 0.15) is 54.9 Å². The summed E-state index contributed by atoms with van der Waals surface area (Å²) >= 11 is 0. The molecule has 12 rings (SSSR count). The van der Waals surface area contributed by atoms with Crippen LogP contribution in [-0.4, -0.2) is 64.1 Å². The number of fused-ring (bicyclic) bond motifs is 6. The van der Waals surface area contributed by atoms with Gasteiger partial charge in [-0.1, -0.05) is 191 Å². The summed E-state index contributed by atoms with van der Waals surface area (Å²) in [4.78, 5) is 0. The molecule has 2 heterocycles. The van der Waals surface area contributed by atoms with Crippen LogP contribution in [-0.2, 0) is 0 Å². The van der Waals surface area contributed by atoms with E-state index in [0.29, 0.717) is 0 Å². The van der Waals surface area contributed by atoms with Crippen LogP contribution >= 0.6 is 0 Å². The van der Waals surface area contributed by atoms with E-state index < -0.39 is 0 Å². The molecule has 0 aliphatic heterocycles. The van der Waals surface area contributed by atoms with E-state index in [9.17, 15) is 0 Å². The summed E-state index contributed by atoms with van der Waals surface area (Å²) in [7, 11) is 16.3. The van der Waals surface area contributed by atoms with Gasteiger partial charge in [0.25, 0.3) is 0 Å². The molecule has 0 atom stereocenters. The molecule has 2 nitrogen and oxygen atoms in total. The summed E-state index contributed by atoms with van der Waals surface area (Å²) in [6.07, 6.45) is 0. The summed E-state index contributed by atoms with van der Waals surface area (Å²) in [5.41, 5.74) is 28.9. The number of aromatic nitrogens is 2. The van der Waals surface area contributed by atoms with Crippen LogP contribution in [0.2, 0.25) is 0 Å². The Labute approximate surface area is 410 Å². The van der Waals surface area contributed by atoms with Crippen LogP contribution in [0.25, 0.3) is 111 Å². The zero-order valence-electron chi connectivity index (χ0n) is 40.4. The van der Waals surface area contributed by atoms with Gasteiger partial charge in [-0.15, -0.1) is 5.46 Å². The average molecular weight is 872 g/mol. The molecular formula is C60H47B7N2. The highest BCUT2D eigenvalue weighted by molar-refractivity contribution is 6.69. The topological polar surface area (TPSA) is 9.86 Å². The molecule has 10 aromatic carbocycles. The molecule has 0 aliphatic rings. The van der Waals surface area contributed by atoms with Gasteiger partial charge in [-0.05, 0) is 97.9 Å². The summed E-state index contributed by atoms with van der Waals surface area (Å²) in [6.45, 7) is 0. The lowest BCUT2D eigenvalue weighted by molar-refractivity contribution is 1.18. The van der Waals surface area contributed by atoms with Gasteiger partial charge in [-0.25, -0.2) is 0 Å². The van der Waals surface area contributed by atoms with Crippen molar-refractivity contribution in [1.82, 2.24) is 9.13 Å². The first kappa shape index (κ1) is 42.6. The predicted octanol–water partition coefficient (Wildman–Crippen LogP) is 4.02. The van der Waals surface area contributed by atoms with Crippen LogP contribution in [0.4, 0.5) is 0 Å². The molecule has 2 aromatic heterocycles. The maximum Gasteiger partial charge on any atom is 0.141 e.